The van der Waals surface area contributed by atoms with E-state index in [1.165, 1.54) is 12.1 Å². The van der Waals surface area contributed by atoms with E-state index in [1.54, 1.807) is 40.7 Å². The van der Waals surface area contributed by atoms with Crippen molar-refractivity contribution in [2.45, 2.75) is 105 Å². The number of ether oxygens (including phenoxy) is 6. The van der Waals surface area contributed by atoms with Crippen LogP contribution in [0.3, 0.4) is 0 Å². The molecule has 4 atom stereocenters. The Balaban J connectivity index is 2.91. The Labute approximate surface area is 230 Å². The summed E-state index contributed by atoms with van der Waals surface area (Å²) in [6, 6.07) is 3.30. The number of rotatable bonds is 14. The third kappa shape index (κ3) is 11.9. The summed E-state index contributed by atoms with van der Waals surface area (Å²) < 4.78 is 31.4. The Kier molecular flexibility index (Phi) is 13.8. The fraction of sp³-hybridized carbons (Fsp3) is 0.643. The number of carbonyl (C=O) groups is 4. The Bertz CT molecular complexity index is 977. The van der Waals surface area contributed by atoms with Crippen LogP contribution in [-0.4, -0.2) is 55.2 Å². The van der Waals surface area contributed by atoms with E-state index in [-0.39, 0.29) is 36.6 Å². The summed E-state index contributed by atoms with van der Waals surface area (Å²) in [6.45, 7) is 14.0. The van der Waals surface area contributed by atoms with E-state index < -0.39 is 41.9 Å². The maximum absolute atomic E-state index is 12.5. The lowest BCUT2D eigenvalue weighted by Crippen LogP contribution is -2.37. The molecule has 1 aromatic carbocycles. The summed E-state index contributed by atoms with van der Waals surface area (Å²) in [5.41, 5.74) is 5.89. The van der Waals surface area contributed by atoms with E-state index in [0.29, 0.717) is 24.8 Å². The van der Waals surface area contributed by atoms with E-state index >= 15 is 0 Å². The normalized spacial score (nSPS) is 14.3. The highest BCUT2D eigenvalue weighted by molar-refractivity contribution is 5.77. The summed E-state index contributed by atoms with van der Waals surface area (Å²) in [5, 5.41) is 0. The predicted octanol–water partition coefficient (Wildman–Crippen LogP) is 5.10. The summed E-state index contributed by atoms with van der Waals surface area (Å²) in [4.78, 5) is 49.0. The molecule has 11 heteroatoms. The molecule has 39 heavy (non-hydrogen) atoms. The Morgan fingerprint density at radius 3 is 1.87 bits per heavy atom. The van der Waals surface area contributed by atoms with Gasteiger partial charge < -0.3 is 34.2 Å². The van der Waals surface area contributed by atoms with Crippen molar-refractivity contribution in [1.82, 2.24) is 0 Å². The molecule has 0 fully saturated rings. The van der Waals surface area contributed by atoms with E-state index in [4.69, 9.17) is 34.2 Å². The van der Waals surface area contributed by atoms with Crippen LogP contribution < -0.4 is 15.2 Å². The van der Waals surface area contributed by atoms with Gasteiger partial charge in [-0.2, -0.15) is 0 Å². The maximum atomic E-state index is 12.5. The van der Waals surface area contributed by atoms with Crippen molar-refractivity contribution in [1.29, 1.82) is 0 Å². The van der Waals surface area contributed by atoms with E-state index in [2.05, 4.69) is 0 Å². The van der Waals surface area contributed by atoms with Gasteiger partial charge in [-0.1, -0.05) is 26.8 Å². The molecule has 0 bridgehead atoms. The van der Waals surface area contributed by atoms with Gasteiger partial charge in [0.05, 0.1) is 5.41 Å². The second kappa shape index (κ2) is 15.9. The molecule has 1 rings (SSSR count). The molecule has 0 aliphatic carbocycles. The van der Waals surface area contributed by atoms with Gasteiger partial charge in [-0.15, -0.1) is 0 Å². The first-order chi connectivity index (χ1) is 18.2. The highest BCUT2D eigenvalue weighted by Gasteiger charge is 2.29. The highest BCUT2D eigenvalue weighted by atomic mass is 16.7. The van der Waals surface area contributed by atoms with Crippen molar-refractivity contribution in [2.24, 2.45) is 11.1 Å². The van der Waals surface area contributed by atoms with Crippen LogP contribution in [0.5, 0.6) is 11.5 Å². The molecule has 0 saturated carbocycles. The van der Waals surface area contributed by atoms with Gasteiger partial charge in [-0.3, -0.25) is 9.59 Å². The lowest BCUT2D eigenvalue weighted by Gasteiger charge is -2.23. The van der Waals surface area contributed by atoms with Gasteiger partial charge in [0.15, 0.2) is 11.5 Å². The van der Waals surface area contributed by atoms with Crippen LogP contribution in [0.15, 0.2) is 18.2 Å². The standard InChI is InChI=1S/C28H43NO10/c1-9-17(4)36-26(32)38-22-13-12-20(15-23(22)39-27(33)37-18(5)10-2)14-21(29)24(30)34-16-19(6)35-25(31)28(7,8)11-3/h12-13,15,17-19,21H,9-11,14,16,29H2,1-8H3/t17?,18?,19-,21-/m0/s1. The number of carbonyl (C=O) groups excluding carboxylic acids is 4. The van der Waals surface area contributed by atoms with Crippen LogP contribution >= 0.6 is 0 Å². The van der Waals surface area contributed by atoms with Crippen molar-refractivity contribution in [3.63, 3.8) is 0 Å². The monoisotopic (exact) mass is 553 g/mol. The largest absolute Gasteiger partial charge is 0.514 e. The zero-order valence-electron chi connectivity index (χ0n) is 24.2. The first-order valence-corrected chi connectivity index (χ1v) is 13.2. The first kappa shape index (κ1) is 33.7. The Hall–Kier alpha value is -3.34. The minimum atomic E-state index is -1.07. The molecule has 0 aliphatic heterocycles. The molecule has 0 amide bonds. The molecule has 0 heterocycles. The van der Waals surface area contributed by atoms with Crippen LogP contribution in [0.2, 0.25) is 0 Å². The second-order valence-electron chi connectivity index (χ2n) is 10.1. The van der Waals surface area contributed by atoms with Crippen molar-refractivity contribution in [3.05, 3.63) is 23.8 Å². The molecule has 2 unspecified atom stereocenters. The van der Waals surface area contributed by atoms with Crippen LogP contribution in [0.4, 0.5) is 9.59 Å². The van der Waals surface area contributed by atoms with E-state index in [0.717, 1.165) is 0 Å². The molecule has 11 nitrogen and oxygen atoms in total. The minimum absolute atomic E-state index is 0.0181. The topological polar surface area (TPSA) is 150 Å². The van der Waals surface area contributed by atoms with Crippen molar-refractivity contribution >= 4 is 24.2 Å². The Morgan fingerprint density at radius 2 is 1.36 bits per heavy atom. The molecule has 0 radical (unpaired) electrons. The first-order valence-electron chi connectivity index (χ1n) is 13.2. The van der Waals surface area contributed by atoms with Crippen LogP contribution in [0, 0.1) is 5.41 Å². The average molecular weight is 554 g/mol. The lowest BCUT2D eigenvalue weighted by atomic mass is 9.91. The zero-order chi connectivity index (χ0) is 29.8. The Morgan fingerprint density at radius 1 is 0.821 bits per heavy atom. The van der Waals surface area contributed by atoms with Gasteiger partial charge in [0.2, 0.25) is 0 Å². The molecular formula is C28H43NO10. The quantitative estimate of drug-likeness (QED) is 0.186. The van der Waals surface area contributed by atoms with Crippen LogP contribution in [0.25, 0.3) is 0 Å². The minimum Gasteiger partial charge on any atom is -0.461 e. The van der Waals surface area contributed by atoms with E-state index in [1.807, 2.05) is 20.8 Å². The highest BCUT2D eigenvalue weighted by Crippen LogP contribution is 2.30. The smallest absolute Gasteiger partial charge is 0.461 e. The predicted molar refractivity (Wildman–Crippen MR) is 142 cm³/mol. The van der Waals surface area contributed by atoms with Crippen LogP contribution in [0.1, 0.15) is 80.2 Å². The van der Waals surface area contributed by atoms with Crippen molar-refractivity contribution in [2.75, 3.05) is 6.61 Å². The van der Waals surface area contributed by atoms with Crippen molar-refractivity contribution in [3.8, 4) is 11.5 Å². The zero-order valence-corrected chi connectivity index (χ0v) is 24.2. The third-order valence-electron chi connectivity index (χ3n) is 6.10. The summed E-state index contributed by atoms with van der Waals surface area (Å²) >= 11 is 0. The number of benzene rings is 1. The van der Waals surface area contributed by atoms with Crippen LogP contribution in [-0.2, 0) is 35.0 Å². The lowest BCUT2D eigenvalue weighted by molar-refractivity contribution is -0.166. The number of nitrogens with two attached hydrogens (primary N) is 1. The molecule has 220 valence electrons. The van der Waals surface area contributed by atoms with Gasteiger partial charge in [-0.05, 0) is 78.0 Å². The molecule has 0 spiro atoms. The molecule has 2 N–H and O–H groups in total. The van der Waals surface area contributed by atoms with E-state index in [9.17, 15) is 19.2 Å². The molecule has 0 saturated heterocycles. The number of hydrogen-bond acceptors (Lipinski definition) is 11. The summed E-state index contributed by atoms with van der Waals surface area (Å²) in [6.07, 6.45) is -1.58. The average Bonchev–Trinajstić information content (AvgIpc) is 2.88. The van der Waals surface area contributed by atoms with Gasteiger partial charge >= 0.3 is 24.2 Å². The second-order valence-corrected chi connectivity index (χ2v) is 10.1. The molecule has 0 aliphatic rings. The van der Waals surface area contributed by atoms with Gasteiger partial charge in [0.1, 0.15) is 31.0 Å². The van der Waals surface area contributed by atoms with Gasteiger partial charge in [0, 0.05) is 0 Å². The SMILES string of the molecule is CCC(C)OC(=O)Oc1ccc(C[C@H](N)C(=O)OC[C@H](C)OC(=O)C(C)(C)CC)cc1OC(=O)OC(C)CC. The summed E-state index contributed by atoms with van der Waals surface area (Å²) in [5.74, 6) is -1.27. The van der Waals surface area contributed by atoms with Gasteiger partial charge in [0.25, 0.3) is 0 Å². The number of hydrogen-bond donors (Lipinski definition) is 1. The number of esters is 2. The van der Waals surface area contributed by atoms with Crippen molar-refractivity contribution < 1.29 is 47.6 Å². The summed E-state index contributed by atoms with van der Waals surface area (Å²) in [7, 11) is 0. The molecule has 1 aromatic rings. The van der Waals surface area contributed by atoms with Gasteiger partial charge in [-0.25, -0.2) is 9.59 Å². The fourth-order valence-corrected chi connectivity index (χ4v) is 2.73. The molecule has 0 aromatic heterocycles. The maximum Gasteiger partial charge on any atom is 0.514 e. The molecular weight excluding hydrogens is 510 g/mol. The third-order valence-corrected chi connectivity index (χ3v) is 6.10. The fourth-order valence-electron chi connectivity index (χ4n) is 2.73.